The van der Waals surface area contributed by atoms with Crippen LogP contribution in [0.3, 0.4) is 0 Å². The second-order valence-corrected chi connectivity index (χ2v) is 15.0. The molecule has 1 saturated heterocycles. The highest BCUT2D eigenvalue weighted by molar-refractivity contribution is 8.18. The zero-order chi connectivity index (χ0) is 35.6. The van der Waals surface area contributed by atoms with Gasteiger partial charge in [-0.3, -0.25) is 4.79 Å². The number of halogens is 2. The minimum absolute atomic E-state index is 0.186. The van der Waals surface area contributed by atoms with E-state index in [-0.39, 0.29) is 24.3 Å². The third kappa shape index (κ3) is 7.18. The average Bonchev–Trinajstić information content (AvgIpc) is 3.50. The van der Waals surface area contributed by atoms with Gasteiger partial charge in [0.05, 0.1) is 17.2 Å². The Labute approximate surface area is 318 Å². The van der Waals surface area contributed by atoms with E-state index in [0.29, 0.717) is 38.2 Å². The minimum atomic E-state index is -0.186. The van der Waals surface area contributed by atoms with Crippen LogP contribution in [0.5, 0.6) is 11.5 Å². The van der Waals surface area contributed by atoms with Gasteiger partial charge >= 0.3 is 0 Å². The van der Waals surface area contributed by atoms with Crippen LogP contribution in [0.25, 0.3) is 6.08 Å². The molecule has 1 amide bonds. The fraction of sp³-hybridized carbons (Fsp3) is 0.209. The summed E-state index contributed by atoms with van der Waals surface area (Å²) in [5.41, 5.74) is 9.09. The molecule has 0 unspecified atom stereocenters. The number of ether oxygens (including phenoxy) is 2. The SMILES string of the molecule is CCOc1cc(/C=C2\SC(=Nc3cc4c5c(c3)[C@H](c3ccccc3)CCN5CC[C@H]4c3ccccc3)NC2=O)ccc1OCc1ccc(Cl)cc1Cl. The number of benzene rings is 5. The molecule has 0 radical (unpaired) electrons. The van der Waals surface area contributed by atoms with Gasteiger partial charge in [0.25, 0.3) is 5.91 Å². The molecule has 6 nitrogen and oxygen atoms in total. The Morgan fingerprint density at radius 3 is 2.13 bits per heavy atom. The number of hydrogen-bond acceptors (Lipinski definition) is 6. The Morgan fingerprint density at radius 1 is 0.827 bits per heavy atom. The number of carbonyl (C=O) groups is 1. The first-order valence-corrected chi connectivity index (χ1v) is 19.2. The van der Waals surface area contributed by atoms with Crippen LogP contribution in [0, 0.1) is 0 Å². The number of anilines is 1. The second kappa shape index (κ2) is 15.1. The summed E-state index contributed by atoms with van der Waals surface area (Å²) >= 11 is 13.8. The maximum Gasteiger partial charge on any atom is 0.264 e. The zero-order valence-electron chi connectivity index (χ0n) is 28.7. The summed E-state index contributed by atoms with van der Waals surface area (Å²) in [4.78, 5) is 21.5. The number of aliphatic imine (C=N–C) groups is 1. The standard InChI is InChI=1S/C43H37Cl2N3O3S/c1-2-50-39-21-27(13-16-38(39)51-26-30-14-15-31(44)23-37(30)45)22-40-42(49)47-43(52-40)46-32-24-35-33(28-9-5-3-6-10-28)17-19-48-20-18-34(36(25-32)41(35)48)29-11-7-4-8-12-29/h3-16,21-25,33-34H,2,17-20,26H2,1H3,(H,46,47,49)/b40-22-/t33-,34-/m0/s1. The number of nitrogens with one attached hydrogen (secondary N) is 1. The van der Waals surface area contributed by atoms with E-state index in [1.165, 1.54) is 39.7 Å². The lowest BCUT2D eigenvalue weighted by Gasteiger charge is -2.43. The highest BCUT2D eigenvalue weighted by atomic mass is 35.5. The highest BCUT2D eigenvalue weighted by Gasteiger charge is 2.35. The summed E-state index contributed by atoms with van der Waals surface area (Å²) < 4.78 is 12.0. The van der Waals surface area contributed by atoms with Crippen molar-refractivity contribution in [3.05, 3.63) is 158 Å². The van der Waals surface area contributed by atoms with E-state index in [4.69, 9.17) is 37.7 Å². The Morgan fingerprint density at radius 2 is 1.50 bits per heavy atom. The predicted octanol–water partition coefficient (Wildman–Crippen LogP) is 10.7. The molecule has 5 aromatic rings. The molecule has 0 spiro atoms. The van der Waals surface area contributed by atoms with Crippen LogP contribution < -0.4 is 19.7 Å². The van der Waals surface area contributed by atoms with Crippen molar-refractivity contribution in [2.24, 2.45) is 4.99 Å². The third-order valence-corrected chi connectivity index (χ3v) is 11.3. The smallest absolute Gasteiger partial charge is 0.264 e. The van der Waals surface area contributed by atoms with Gasteiger partial charge in [0.15, 0.2) is 16.7 Å². The summed E-state index contributed by atoms with van der Waals surface area (Å²) in [5.74, 6) is 1.53. The first kappa shape index (κ1) is 34.4. The van der Waals surface area contributed by atoms with Crippen LogP contribution >= 0.6 is 35.0 Å². The summed E-state index contributed by atoms with van der Waals surface area (Å²) in [7, 11) is 0. The van der Waals surface area contributed by atoms with Gasteiger partial charge in [-0.2, -0.15) is 0 Å². The molecular formula is C43H37Cl2N3O3S. The van der Waals surface area contributed by atoms with Crippen molar-refractivity contribution in [3.8, 4) is 11.5 Å². The molecule has 0 bridgehead atoms. The summed E-state index contributed by atoms with van der Waals surface area (Å²) in [5, 5.41) is 4.68. The van der Waals surface area contributed by atoms with Crippen molar-refractivity contribution in [2.75, 3.05) is 24.6 Å². The molecule has 2 atom stereocenters. The quantitative estimate of drug-likeness (QED) is 0.152. The zero-order valence-corrected chi connectivity index (χ0v) is 31.0. The Balaban J connectivity index is 1.09. The summed E-state index contributed by atoms with van der Waals surface area (Å²) in [6.45, 7) is 4.70. The first-order chi connectivity index (χ1) is 25.4. The van der Waals surface area contributed by atoms with Crippen LogP contribution in [0.4, 0.5) is 11.4 Å². The van der Waals surface area contributed by atoms with Gasteiger partial charge in [-0.15, -0.1) is 0 Å². The number of amides is 1. The molecule has 9 heteroatoms. The molecule has 3 aliphatic rings. The number of thioether (sulfide) groups is 1. The van der Waals surface area contributed by atoms with E-state index in [0.717, 1.165) is 42.7 Å². The van der Waals surface area contributed by atoms with Gasteiger partial charge in [-0.1, -0.05) is 96.0 Å². The summed E-state index contributed by atoms with van der Waals surface area (Å²) in [6, 6.07) is 37.0. The lowest BCUT2D eigenvalue weighted by Crippen LogP contribution is -2.37. The fourth-order valence-electron chi connectivity index (χ4n) is 7.45. The molecule has 1 N–H and O–H groups in total. The molecular weight excluding hydrogens is 709 g/mol. The molecule has 0 aromatic heterocycles. The van der Waals surface area contributed by atoms with Crippen molar-refractivity contribution in [3.63, 3.8) is 0 Å². The second-order valence-electron chi connectivity index (χ2n) is 13.1. The molecule has 1 fully saturated rings. The van der Waals surface area contributed by atoms with Crippen molar-refractivity contribution in [1.29, 1.82) is 0 Å². The maximum absolute atomic E-state index is 13.3. The van der Waals surface area contributed by atoms with E-state index in [1.807, 2.05) is 37.3 Å². The van der Waals surface area contributed by atoms with E-state index >= 15 is 0 Å². The monoisotopic (exact) mass is 745 g/mol. The van der Waals surface area contributed by atoms with Crippen molar-refractivity contribution in [2.45, 2.75) is 38.2 Å². The third-order valence-electron chi connectivity index (χ3n) is 9.85. The van der Waals surface area contributed by atoms with E-state index in [2.05, 4.69) is 83.0 Å². The fourth-order valence-corrected chi connectivity index (χ4v) is 8.75. The highest BCUT2D eigenvalue weighted by Crippen LogP contribution is 2.50. The lowest BCUT2D eigenvalue weighted by molar-refractivity contribution is -0.115. The Kier molecular flexibility index (Phi) is 10.00. The van der Waals surface area contributed by atoms with E-state index in [9.17, 15) is 4.79 Å². The Hall–Kier alpha value is -4.69. The Bertz CT molecular complexity index is 2120. The number of rotatable bonds is 9. The van der Waals surface area contributed by atoms with Crippen molar-refractivity contribution >= 4 is 63.5 Å². The minimum Gasteiger partial charge on any atom is -0.490 e. The van der Waals surface area contributed by atoms with Gasteiger partial charge in [0.1, 0.15) is 6.61 Å². The van der Waals surface area contributed by atoms with Gasteiger partial charge in [-0.05, 0) is 102 Å². The number of nitrogens with zero attached hydrogens (tertiary/aromatic N) is 2. The molecule has 3 aliphatic heterocycles. The number of amidine groups is 1. The van der Waals surface area contributed by atoms with Gasteiger partial charge in [0, 0.05) is 46.2 Å². The van der Waals surface area contributed by atoms with E-state index in [1.54, 1.807) is 12.1 Å². The van der Waals surface area contributed by atoms with Crippen LogP contribution in [-0.4, -0.2) is 30.8 Å². The van der Waals surface area contributed by atoms with Crippen LogP contribution in [0.2, 0.25) is 10.0 Å². The molecule has 5 aromatic carbocycles. The maximum atomic E-state index is 13.3. The van der Waals surface area contributed by atoms with Crippen LogP contribution in [0.1, 0.15) is 65.0 Å². The molecule has 8 rings (SSSR count). The number of hydrogen-bond donors (Lipinski definition) is 1. The predicted molar refractivity (Wildman–Crippen MR) is 214 cm³/mol. The average molecular weight is 747 g/mol. The molecule has 0 saturated carbocycles. The lowest BCUT2D eigenvalue weighted by atomic mass is 9.76. The van der Waals surface area contributed by atoms with Gasteiger partial charge in [-0.25, -0.2) is 4.99 Å². The molecule has 52 heavy (non-hydrogen) atoms. The molecule has 3 heterocycles. The summed E-state index contributed by atoms with van der Waals surface area (Å²) in [6.07, 6.45) is 3.96. The van der Waals surface area contributed by atoms with Crippen molar-refractivity contribution in [1.82, 2.24) is 5.32 Å². The van der Waals surface area contributed by atoms with Crippen LogP contribution in [0.15, 0.2) is 119 Å². The van der Waals surface area contributed by atoms with E-state index < -0.39 is 0 Å². The van der Waals surface area contributed by atoms with Gasteiger partial charge in [0.2, 0.25) is 0 Å². The van der Waals surface area contributed by atoms with Crippen molar-refractivity contribution < 1.29 is 14.3 Å². The number of carbonyl (C=O) groups excluding carboxylic acids is 1. The normalized spacial score (nSPS) is 19.4. The topological polar surface area (TPSA) is 63.2 Å². The largest absolute Gasteiger partial charge is 0.490 e. The first-order valence-electron chi connectivity index (χ1n) is 17.6. The molecule has 0 aliphatic carbocycles. The van der Waals surface area contributed by atoms with Gasteiger partial charge < -0.3 is 19.7 Å². The van der Waals surface area contributed by atoms with Crippen LogP contribution in [-0.2, 0) is 11.4 Å². The molecule has 262 valence electrons.